The van der Waals surface area contributed by atoms with Gasteiger partial charge in [-0.15, -0.1) is 0 Å². The van der Waals surface area contributed by atoms with Crippen LogP contribution in [0.3, 0.4) is 0 Å². The van der Waals surface area contributed by atoms with Crippen molar-refractivity contribution in [1.82, 2.24) is 0 Å². The van der Waals surface area contributed by atoms with Gasteiger partial charge in [0.25, 0.3) is 0 Å². The van der Waals surface area contributed by atoms with E-state index in [0.717, 1.165) is 16.7 Å². The number of rotatable bonds is 2. The van der Waals surface area contributed by atoms with Gasteiger partial charge in [0, 0.05) is 26.8 Å². The van der Waals surface area contributed by atoms with Gasteiger partial charge in [0.15, 0.2) is 5.78 Å². The van der Waals surface area contributed by atoms with E-state index in [1.165, 1.54) is 0 Å². The second-order valence-corrected chi connectivity index (χ2v) is 7.98. The van der Waals surface area contributed by atoms with Crippen LogP contribution in [0.2, 0.25) is 10.0 Å². The fourth-order valence-corrected chi connectivity index (χ4v) is 3.31. The maximum Gasteiger partial charge on any atom is 0.190 e. The first-order chi connectivity index (χ1) is 12.3. The SMILES string of the molecule is CC(C)(C)C1=CC(=CN=Nc2cc(Cl)cc(Cl)c2)c2ccccc2C1=O. The van der Waals surface area contributed by atoms with E-state index in [0.29, 0.717) is 21.3 Å². The molecule has 3 rings (SSSR count). The fourth-order valence-electron chi connectivity index (χ4n) is 2.80. The van der Waals surface area contributed by atoms with Crippen LogP contribution >= 0.6 is 23.2 Å². The van der Waals surface area contributed by atoms with Gasteiger partial charge in [-0.2, -0.15) is 10.2 Å². The van der Waals surface area contributed by atoms with Gasteiger partial charge in [0.1, 0.15) is 0 Å². The molecule has 0 heterocycles. The lowest BCUT2D eigenvalue weighted by atomic mass is 9.76. The Morgan fingerprint density at radius 2 is 1.58 bits per heavy atom. The highest BCUT2D eigenvalue weighted by Gasteiger charge is 2.30. The average Bonchev–Trinajstić information content (AvgIpc) is 2.55. The molecule has 0 atom stereocenters. The number of nitrogens with zero attached hydrogens (tertiary/aromatic N) is 2. The van der Waals surface area contributed by atoms with Crippen molar-refractivity contribution in [3.63, 3.8) is 0 Å². The number of hydrogen-bond donors (Lipinski definition) is 0. The Bertz CT molecular complexity index is 946. The summed E-state index contributed by atoms with van der Waals surface area (Å²) >= 11 is 12.0. The van der Waals surface area contributed by atoms with Gasteiger partial charge >= 0.3 is 0 Å². The van der Waals surface area contributed by atoms with E-state index in [1.807, 2.05) is 51.1 Å². The van der Waals surface area contributed by atoms with Crippen LogP contribution in [-0.4, -0.2) is 5.78 Å². The zero-order chi connectivity index (χ0) is 18.9. The van der Waals surface area contributed by atoms with E-state index >= 15 is 0 Å². The van der Waals surface area contributed by atoms with E-state index in [-0.39, 0.29) is 11.2 Å². The molecule has 0 aliphatic heterocycles. The molecular weight excluding hydrogens is 367 g/mol. The van der Waals surface area contributed by atoms with Gasteiger partial charge in [0.2, 0.25) is 0 Å². The van der Waals surface area contributed by atoms with Crippen molar-refractivity contribution in [1.29, 1.82) is 0 Å². The Balaban J connectivity index is 2.03. The molecule has 0 bridgehead atoms. The highest BCUT2D eigenvalue weighted by molar-refractivity contribution is 6.35. The monoisotopic (exact) mass is 384 g/mol. The van der Waals surface area contributed by atoms with Crippen molar-refractivity contribution in [3.05, 3.63) is 81.5 Å². The number of azo groups is 1. The first-order valence-corrected chi connectivity index (χ1v) is 8.95. The quantitative estimate of drug-likeness (QED) is 0.501. The largest absolute Gasteiger partial charge is 0.289 e. The number of Topliss-reactive ketones (excluding diaryl/α,β-unsaturated/α-hetero) is 1. The normalized spacial score (nSPS) is 16.1. The van der Waals surface area contributed by atoms with E-state index in [4.69, 9.17) is 23.2 Å². The number of benzene rings is 2. The van der Waals surface area contributed by atoms with Crippen LogP contribution in [0.4, 0.5) is 5.69 Å². The predicted molar refractivity (Wildman–Crippen MR) is 107 cm³/mol. The minimum atomic E-state index is -0.263. The molecular formula is C21H18Cl2N2O. The number of allylic oxidation sites excluding steroid dienone is 3. The molecule has 1 aliphatic rings. The summed E-state index contributed by atoms with van der Waals surface area (Å²) < 4.78 is 0. The molecule has 0 fully saturated rings. The first kappa shape index (κ1) is 18.6. The zero-order valence-electron chi connectivity index (χ0n) is 14.8. The molecule has 1 aliphatic carbocycles. The summed E-state index contributed by atoms with van der Waals surface area (Å²) in [6, 6.07) is 12.6. The fraction of sp³-hybridized carbons (Fsp3) is 0.190. The predicted octanol–water partition coefficient (Wildman–Crippen LogP) is 7.29. The van der Waals surface area contributed by atoms with Crippen LogP contribution in [0.15, 0.2) is 70.5 Å². The highest BCUT2D eigenvalue weighted by atomic mass is 35.5. The molecule has 0 aromatic heterocycles. The molecule has 0 saturated carbocycles. The summed E-state index contributed by atoms with van der Waals surface area (Å²) in [5.41, 5.74) is 3.45. The van der Waals surface area contributed by atoms with Crippen LogP contribution in [-0.2, 0) is 0 Å². The zero-order valence-corrected chi connectivity index (χ0v) is 16.3. The van der Waals surface area contributed by atoms with Gasteiger partial charge in [-0.3, -0.25) is 4.79 Å². The molecule has 2 aromatic carbocycles. The molecule has 0 spiro atoms. The number of fused-ring (bicyclic) bond motifs is 1. The lowest BCUT2D eigenvalue weighted by molar-refractivity contribution is 0.101. The molecule has 0 radical (unpaired) electrons. The van der Waals surface area contributed by atoms with Crippen molar-refractivity contribution in [2.45, 2.75) is 20.8 Å². The Labute approximate surface area is 163 Å². The smallest absolute Gasteiger partial charge is 0.190 e. The van der Waals surface area contributed by atoms with Crippen LogP contribution in [0, 0.1) is 5.41 Å². The van der Waals surface area contributed by atoms with Gasteiger partial charge in [-0.1, -0.05) is 68.2 Å². The van der Waals surface area contributed by atoms with E-state index < -0.39 is 0 Å². The van der Waals surface area contributed by atoms with Gasteiger partial charge in [0.05, 0.1) is 11.9 Å². The standard InChI is InChI=1S/C21H18Cl2N2O/c1-21(2,3)19-8-13(17-6-4-5-7-18(17)20(19)26)12-24-25-16-10-14(22)9-15(23)11-16/h4-12H,1-3H3. The number of carbonyl (C=O) groups excluding carboxylic acids is 1. The van der Waals surface area contributed by atoms with Crippen molar-refractivity contribution in [3.8, 4) is 0 Å². The molecule has 0 amide bonds. The molecule has 2 aromatic rings. The number of ketones is 1. The number of carbonyl (C=O) groups is 1. The van der Waals surface area contributed by atoms with Gasteiger partial charge in [-0.25, -0.2) is 0 Å². The van der Waals surface area contributed by atoms with Crippen LogP contribution < -0.4 is 0 Å². The average molecular weight is 385 g/mol. The Hall–Kier alpha value is -2.23. The Morgan fingerprint density at radius 3 is 2.19 bits per heavy atom. The summed E-state index contributed by atoms with van der Waals surface area (Å²) in [6.07, 6.45) is 3.56. The number of hydrogen-bond acceptors (Lipinski definition) is 3. The van der Waals surface area contributed by atoms with Crippen molar-refractivity contribution >= 4 is 40.2 Å². The minimum Gasteiger partial charge on any atom is -0.289 e. The van der Waals surface area contributed by atoms with E-state index in [9.17, 15) is 4.79 Å². The maximum atomic E-state index is 12.8. The summed E-state index contributed by atoms with van der Waals surface area (Å²) in [6.45, 7) is 6.08. The molecule has 0 unspecified atom stereocenters. The van der Waals surface area contributed by atoms with Crippen LogP contribution in [0.1, 0.15) is 36.7 Å². The second kappa shape index (κ2) is 7.18. The summed E-state index contributed by atoms with van der Waals surface area (Å²) in [7, 11) is 0. The lowest BCUT2D eigenvalue weighted by Crippen LogP contribution is -2.22. The third-order valence-electron chi connectivity index (χ3n) is 4.05. The van der Waals surface area contributed by atoms with E-state index in [1.54, 1.807) is 24.4 Å². The Morgan fingerprint density at radius 1 is 0.962 bits per heavy atom. The van der Waals surface area contributed by atoms with Crippen molar-refractivity contribution in [2.24, 2.45) is 15.6 Å². The molecule has 0 saturated heterocycles. The molecule has 5 heteroatoms. The first-order valence-electron chi connectivity index (χ1n) is 8.19. The topological polar surface area (TPSA) is 41.8 Å². The maximum absolute atomic E-state index is 12.8. The van der Waals surface area contributed by atoms with Crippen LogP contribution in [0.5, 0.6) is 0 Å². The Kier molecular flexibility index (Phi) is 5.12. The molecule has 3 nitrogen and oxygen atoms in total. The molecule has 132 valence electrons. The van der Waals surface area contributed by atoms with Gasteiger partial charge in [-0.05, 0) is 35.3 Å². The van der Waals surface area contributed by atoms with Crippen molar-refractivity contribution in [2.75, 3.05) is 0 Å². The molecule has 26 heavy (non-hydrogen) atoms. The third-order valence-corrected chi connectivity index (χ3v) is 4.49. The van der Waals surface area contributed by atoms with Crippen LogP contribution in [0.25, 0.3) is 5.57 Å². The van der Waals surface area contributed by atoms with Gasteiger partial charge < -0.3 is 0 Å². The third kappa shape index (κ3) is 3.95. The summed E-state index contributed by atoms with van der Waals surface area (Å²) in [4.78, 5) is 12.8. The number of halogens is 2. The minimum absolute atomic E-state index is 0.0591. The van der Waals surface area contributed by atoms with E-state index in [2.05, 4.69) is 10.2 Å². The molecule has 0 N–H and O–H groups in total. The highest BCUT2D eigenvalue weighted by Crippen LogP contribution is 2.37. The summed E-state index contributed by atoms with van der Waals surface area (Å²) in [5, 5.41) is 9.35. The van der Waals surface area contributed by atoms with Crippen molar-refractivity contribution < 1.29 is 4.79 Å². The second-order valence-electron chi connectivity index (χ2n) is 7.11. The lowest BCUT2D eigenvalue weighted by Gasteiger charge is -2.27. The summed E-state index contributed by atoms with van der Waals surface area (Å²) in [5.74, 6) is 0.0591.